The number of amides is 1. The minimum atomic E-state index is -0.171. The average molecular weight is 298 g/mol. The van der Waals surface area contributed by atoms with Crippen molar-refractivity contribution < 1.29 is 9.53 Å². The maximum absolute atomic E-state index is 12.2. The van der Waals surface area contributed by atoms with Gasteiger partial charge in [0.1, 0.15) is 5.82 Å². The number of hydrogen-bond donors (Lipinski definition) is 2. The second-order valence-electron chi connectivity index (χ2n) is 4.91. The lowest BCUT2D eigenvalue weighted by atomic mass is 10.0. The third-order valence-corrected chi connectivity index (χ3v) is 3.82. The summed E-state index contributed by atoms with van der Waals surface area (Å²) in [5.41, 5.74) is 0.448. The molecule has 1 aromatic heterocycles. The Hall–Kier alpha value is -1.33. The molecule has 2 N–H and O–H groups in total. The second kappa shape index (κ2) is 6.90. The van der Waals surface area contributed by atoms with E-state index in [0.29, 0.717) is 28.9 Å². The van der Waals surface area contributed by atoms with Crippen LogP contribution in [0.5, 0.6) is 0 Å². The van der Waals surface area contributed by atoms with Gasteiger partial charge in [-0.05, 0) is 26.3 Å². The summed E-state index contributed by atoms with van der Waals surface area (Å²) in [6.45, 7) is 6.12. The highest BCUT2D eigenvalue weighted by molar-refractivity contribution is 6.33. The monoisotopic (exact) mass is 297 g/mol. The number of hydrogen-bond acceptors (Lipinski definition) is 4. The number of ether oxygens (including phenoxy) is 1. The van der Waals surface area contributed by atoms with Crippen molar-refractivity contribution in [1.29, 1.82) is 0 Å². The van der Waals surface area contributed by atoms with E-state index in [4.69, 9.17) is 16.3 Å². The molecule has 1 aliphatic rings. The van der Waals surface area contributed by atoms with Crippen molar-refractivity contribution in [2.45, 2.75) is 26.4 Å². The van der Waals surface area contributed by atoms with Gasteiger partial charge in [0.25, 0.3) is 5.91 Å². The van der Waals surface area contributed by atoms with Crippen LogP contribution >= 0.6 is 11.6 Å². The molecule has 1 fully saturated rings. The molecule has 2 heterocycles. The third kappa shape index (κ3) is 3.61. The highest BCUT2D eigenvalue weighted by Crippen LogP contribution is 2.21. The first-order valence-electron chi connectivity index (χ1n) is 6.91. The molecule has 2 rings (SSSR count). The number of nitrogens with zero attached hydrogens (tertiary/aromatic N) is 1. The molecule has 5 nitrogen and oxygen atoms in total. The van der Waals surface area contributed by atoms with Crippen molar-refractivity contribution in [3.05, 3.63) is 22.8 Å². The van der Waals surface area contributed by atoms with Crippen molar-refractivity contribution in [3.63, 3.8) is 0 Å². The van der Waals surface area contributed by atoms with Gasteiger partial charge in [-0.3, -0.25) is 4.79 Å². The quantitative estimate of drug-likeness (QED) is 0.875. The van der Waals surface area contributed by atoms with E-state index in [2.05, 4.69) is 15.6 Å². The SMILES string of the molecule is CCNc1cc(C(=O)NCC2CCOC2C)c(Cl)cn1. The first-order chi connectivity index (χ1) is 9.61. The molecule has 0 radical (unpaired) electrons. The Morgan fingerprint density at radius 2 is 2.40 bits per heavy atom. The minimum absolute atomic E-state index is 0.171. The summed E-state index contributed by atoms with van der Waals surface area (Å²) in [5.74, 6) is 0.850. The lowest BCUT2D eigenvalue weighted by molar-refractivity contribution is 0.0907. The van der Waals surface area contributed by atoms with Crippen LogP contribution in [-0.2, 0) is 4.74 Å². The first kappa shape index (κ1) is 15.1. The van der Waals surface area contributed by atoms with E-state index in [1.165, 1.54) is 6.20 Å². The second-order valence-corrected chi connectivity index (χ2v) is 5.32. The van der Waals surface area contributed by atoms with Crippen LogP contribution in [0.1, 0.15) is 30.6 Å². The molecule has 110 valence electrons. The largest absolute Gasteiger partial charge is 0.378 e. The zero-order valence-electron chi connectivity index (χ0n) is 11.8. The van der Waals surface area contributed by atoms with E-state index in [0.717, 1.165) is 19.6 Å². The van der Waals surface area contributed by atoms with Crippen LogP contribution in [0.4, 0.5) is 5.82 Å². The fourth-order valence-electron chi connectivity index (χ4n) is 2.25. The van der Waals surface area contributed by atoms with Gasteiger partial charge in [0.15, 0.2) is 0 Å². The van der Waals surface area contributed by atoms with Crippen LogP contribution in [0.3, 0.4) is 0 Å². The number of rotatable bonds is 5. The fourth-order valence-corrected chi connectivity index (χ4v) is 2.44. The topological polar surface area (TPSA) is 63.2 Å². The summed E-state index contributed by atoms with van der Waals surface area (Å²) < 4.78 is 5.48. The summed E-state index contributed by atoms with van der Waals surface area (Å²) in [7, 11) is 0. The van der Waals surface area contributed by atoms with E-state index in [9.17, 15) is 4.79 Å². The van der Waals surface area contributed by atoms with Crippen molar-refractivity contribution in [2.75, 3.05) is 25.0 Å². The Labute approximate surface area is 124 Å². The van der Waals surface area contributed by atoms with Gasteiger partial charge in [0, 0.05) is 31.8 Å². The molecule has 0 aliphatic carbocycles. The Morgan fingerprint density at radius 1 is 1.60 bits per heavy atom. The molecule has 0 aromatic carbocycles. The van der Waals surface area contributed by atoms with Gasteiger partial charge in [0.2, 0.25) is 0 Å². The highest BCUT2D eigenvalue weighted by Gasteiger charge is 2.24. The van der Waals surface area contributed by atoms with Crippen molar-refractivity contribution >= 4 is 23.3 Å². The lowest BCUT2D eigenvalue weighted by Crippen LogP contribution is -2.32. The molecule has 20 heavy (non-hydrogen) atoms. The van der Waals surface area contributed by atoms with Crippen LogP contribution < -0.4 is 10.6 Å². The molecular weight excluding hydrogens is 278 g/mol. The zero-order valence-corrected chi connectivity index (χ0v) is 12.5. The number of carbonyl (C=O) groups is 1. The summed E-state index contributed by atoms with van der Waals surface area (Å²) in [6, 6.07) is 1.68. The summed E-state index contributed by atoms with van der Waals surface area (Å²) in [5, 5.41) is 6.35. The fraction of sp³-hybridized carbons (Fsp3) is 0.571. The molecule has 2 atom stereocenters. The van der Waals surface area contributed by atoms with Gasteiger partial charge in [-0.25, -0.2) is 4.98 Å². The standard InChI is InChI=1S/C14H20ClN3O2/c1-3-16-13-6-11(12(15)8-17-13)14(19)18-7-10-4-5-20-9(10)2/h6,8-10H,3-5,7H2,1-2H3,(H,16,17)(H,18,19). The van der Waals surface area contributed by atoms with E-state index >= 15 is 0 Å². The molecule has 1 aliphatic heterocycles. The van der Waals surface area contributed by atoms with Crippen LogP contribution in [0.25, 0.3) is 0 Å². The van der Waals surface area contributed by atoms with Gasteiger partial charge in [0.05, 0.1) is 16.7 Å². The Balaban J connectivity index is 1.99. The van der Waals surface area contributed by atoms with E-state index in [1.54, 1.807) is 6.07 Å². The highest BCUT2D eigenvalue weighted by atomic mass is 35.5. The smallest absolute Gasteiger partial charge is 0.253 e. The number of aromatic nitrogens is 1. The molecule has 1 saturated heterocycles. The minimum Gasteiger partial charge on any atom is -0.378 e. The maximum Gasteiger partial charge on any atom is 0.253 e. The molecule has 1 amide bonds. The molecule has 6 heteroatoms. The first-order valence-corrected chi connectivity index (χ1v) is 7.28. The third-order valence-electron chi connectivity index (χ3n) is 3.52. The molecular formula is C14H20ClN3O2. The van der Waals surface area contributed by atoms with Gasteiger partial charge in [-0.2, -0.15) is 0 Å². The van der Waals surface area contributed by atoms with Crippen LogP contribution in [-0.4, -0.2) is 36.7 Å². The number of nitrogens with one attached hydrogen (secondary N) is 2. The van der Waals surface area contributed by atoms with Crippen LogP contribution in [0.15, 0.2) is 12.3 Å². The number of anilines is 1. The Bertz CT molecular complexity index is 481. The van der Waals surface area contributed by atoms with Gasteiger partial charge < -0.3 is 15.4 Å². The zero-order chi connectivity index (χ0) is 14.5. The van der Waals surface area contributed by atoms with Gasteiger partial charge in [-0.1, -0.05) is 11.6 Å². The van der Waals surface area contributed by atoms with E-state index in [1.807, 2.05) is 13.8 Å². The molecule has 0 saturated carbocycles. The number of halogens is 1. The Morgan fingerprint density at radius 3 is 3.05 bits per heavy atom. The maximum atomic E-state index is 12.2. The van der Waals surface area contributed by atoms with Gasteiger partial charge in [-0.15, -0.1) is 0 Å². The van der Waals surface area contributed by atoms with Crippen LogP contribution in [0, 0.1) is 5.92 Å². The normalized spacial score (nSPS) is 21.8. The van der Waals surface area contributed by atoms with Gasteiger partial charge >= 0.3 is 0 Å². The van der Waals surface area contributed by atoms with Crippen LogP contribution in [0.2, 0.25) is 5.02 Å². The van der Waals surface area contributed by atoms with Crippen molar-refractivity contribution in [2.24, 2.45) is 5.92 Å². The Kier molecular flexibility index (Phi) is 5.20. The molecule has 2 unspecified atom stereocenters. The average Bonchev–Trinajstić information content (AvgIpc) is 2.84. The number of pyridine rings is 1. The van der Waals surface area contributed by atoms with E-state index in [-0.39, 0.29) is 12.0 Å². The van der Waals surface area contributed by atoms with E-state index < -0.39 is 0 Å². The molecule has 0 spiro atoms. The predicted octanol–water partition coefficient (Wildman–Crippen LogP) is 2.32. The molecule has 1 aromatic rings. The number of carbonyl (C=O) groups excluding carboxylic acids is 1. The lowest BCUT2D eigenvalue weighted by Gasteiger charge is -2.15. The van der Waals surface area contributed by atoms with Crippen molar-refractivity contribution in [1.82, 2.24) is 10.3 Å². The summed E-state index contributed by atoms with van der Waals surface area (Å²) in [6.07, 6.45) is 2.67. The van der Waals surface area contributed by atoms with Crippen molar-refractivity contribution in [3.8, 4) is 0 Å². The predicted molar refractivity (Wildman–Crippen MR) is 79.3 cm³/mol. The summed E-state index contributed by atoms with van der Waals surface area (Å²) in [4.78, 5) is 16.3. The summed E-state index contributed by atoms with van der Waals surface area (Å²) >= 11 is 6.04. The molecule has 0 bridgehead atoms.